The molecule has 0 aliphatic heterocycles. The van der Waals surface area contributed by atoms with Crippen LogP contribution in [0.1, 0.15) is 38.3 Å². The van der Waals surface area contributed by atoms with E-state index < -0.39 is 0 Å². The van der Waals surface area contributed by atoms with Crippen molar-refractivity contribution in [2.75, 3.05) is 34.8 Å². The molecule has 6 heteroatoms. The third-order valence-corrected chi connectivity index (χ3v) is 4.82. The van der Waals surface area contributed by atoms with Gasteiger partial charge in [-0.3, -0.25) is 9.59 Å². The van der Waals surface area contributed by atoms with E-state index in [1.54, 1.807) is 29.2 Å². The number of rotatable bonds is 8. The van der Waals surface area contributed by atoms with Crippen LogP contribution in [-0.4, -0.2) is 31.4 Å². The molecule has 0 bridgehead atoms. The quantitative estimate of drug-likeness (QED) is 0.734. The van der Waals surface area contributed by atoms with Gasteiger partial charge in [0.1, 0.15) is 0 Å². The molecule has 2 aromatic rings. The van der Waals surface area contributed by atoms with Crippen molar-refractivity contribution < 1.29 is 9.59 Å². The minimum absolute atomic E-state index is 0.108. The van der Waals surface area contributed by atoms with Crippen molar-refractivity contribution in [1.29, 1.82) is 5.26 Å². The van der Waals surface area contributed by atoms with E-state index in [9.17, 15) is 9.59 Å². The first-order valence-corrected chi connectivity index (χ1v) is 9.83. The predicted molar refractivity (Wildman–Crippen MR) is 117 cm³/mol. The van der Waals surface area contributed by atoms with Crippen molar-refractivity contribution in [2.24, 2.45) is 0 Å². The Balaban J connectivity index is 2.09. The highest BCUT2D eigenvalue weighted by atomic mass is 16.2. The lowest BCUT2D eigenvalue weighted by Gasteiger charge is -2.26. The number of nitrogens with one attached hydrogen (secondary N) is 1. The van der Waals surface area contributed by atoms with Crippen molar-refractivity contribution in [3.63, 3.8) is 0 Å². The maximum Gasteiger partial charge on any atom is 0.226 e. The minimum Gasteiger partial charge on any atom is -0.372 e. The Labute approximate surface area is 172 Å². The Hall–Kier alpha value is -3.33. The standard InChI is InChI=1S/C23H28N4O2/c1-5-26(6-2)21-10-11-22(17(3)14-21)27(18(4)28)13-12-23(29)25-20-9-7-8-19(15-20)16-24/h7-11,14-15H,5-6,12-13H2,1-4H3,(H,25,29). The first-order chi connectivity index (χ1) is 13.9. The third kappa shape index (κ3) is 5.82. The number of anilines is 3. The number of carbonyl (C=O) groups is 2. The summed E-state index contributed by atoms with van der Waals surface area (Å²) in [7, 11) is 0. The highest BCUT2D eigenvalue weighted by Gasteiger charge is 2.16. The summed E-state index contributed by atoms with van der Waals surface area (Å²) < 4.78 is 0. The molecule has 0 radical (unpaired) electrons. The molecule has 0 unspecified atom stereocenters. The molecule has 2 rings (SSSR count). The number of aryl methyl sites for hydroxylation is 1. The lowest BCUT2D eigenvalue weighted by atomic mass is 10.1. The van der Waals surface area contributed by atoms with Gasteiger partial charge >= 0.3 is 0 Å². The van der Waals surface area contributed by atoms with Crippen molar-refractivity contribution in [3.05, 3.63) is 53.6 Å². The highest BCUT2D eigenvalue weighted by molar-refractivity contribution is 5.95. The fourth-order valence-corrected chi connectivity index (χ4v) is 3.28. The molecule has 0 heterocycles. The monoisotopic (exact) mass is 392 g/mol. The van der Waals surface area contributed by atoms with E-state index in [0.29, 0.717) is 11.3 Å². The second-order valence-corrected chi connectivity index (χ2v) is 6.80. The molecule has 0 spiro atoms. The molecule has 0 saturated carbocycles. The summed E-state index contributed by atoms with van der Waals surface area (Å²) in [6, 6.07) is 14.8. The number of carbonyl (C=O) groups excluding carboxylic acids is 2. The summed E-state index contributed by atoms with van der Waals surface area (Å²) in [5.41, 5.74) is 3.98. The molecular weight excluding hydrogens is 364 g/mol. The van der Waals surface area contributed by atoms with Gasteiger partial charge in [0, 0.05) is 50.0 Å². The second kappa shape index (κ2) is 10.3. The van der Waals surface area contributed by atoms with E-state index >= 15 is 0 Å². The van der Waals surface area contributed by atoms with Gasteiger partial charge in [0.05, 0.1) is 11.6 Å². The zero-order valence-corrected chi connectivity index (χ0v) is 17.5. The van der Waals surface area contributed by atoms with Crippen LogP contribution in [0.5, 0.6) is 0 Å². The van der Waals surface area contributed by atoms with Crippen molar-refractivity contribution in [3.8, 4) is 6.07 Å². The average Bonchev–Trinajstić information content (AvgIpc) is 2.70. The largest absolute Gasteiger partial charge is 0.372 e. The lowest BCUT2D eigenvalue weighted by Crippen LogP contribution is -2.32. The third-order valence-electron chi connectivity index (χ3n) is 4.82. The van der Waals surface area contributed by atoms with Gasteiger partial charge in [-0.05, 0) is 62.7 Å². The summed E-state index contributed by atoms with van der Waals surface area (Å²) in [5.74, 6) is -0.313. The molecule has 152 valence electrons. The molecule has 2 aromatic carbocycles. The highest BCUT2D eigenvalue weighted by Crippen LogP contribution is 2.26. The van der Waals surface area contributed by atoms with Gasteiger partial charge in [-0.15, -0.1) is 0 Å². The van der Waals surface area contributed by atoms with Gasteiger partial charge in [0.25, 0.3) is 0 Å². The Bertz CT molecular complexity index is 913. The van der Waals surface area contributed by atoms with Gasteiger partial charge in [-0.2, -0.15) is 5.26 Å². The SMILES string of the molecule is CCN(CC)c1ccc(N(CCC(=O)Nc2cccc(C#N)c2)C(C)=O)c(C)c1. The molecule has 0 atom stereocenters. The Morgan fingerprint density at radius 1 is 1.10 bits per heavy atom. The molecule has 29 heavy (non-hydrogen) atoms. The van der Waals surface area contributed by atoms with E-state index in [2.05, 4.69) is 30.1 Å². The lowest BCUT2D eigenvalue weighted by molar-refractivity contribution is -0.117. The fourth-order valence-electron chi connectivity index (χ4n) is 3.28. The second-order valence-electron chi connectivity index (χ2n) is 6.80. The van der Waals surface area contributed by atoms with Gasteiger partial charge in [-0.25, -0.2) is 0 Å². The maximum absolute atomic E-state index is 12.3. The summed E-state index contributed by atoms with van der Waals surface area (Å²) in [4.78, 5) is 28.4. The maximum atomic E-state index is 12.3. The van der Waals surface area contributed by atoms with Crippen LogP contribution in [0.15, 0.2) is 42.5 Å². The molecule has 0 aliphatic carbocycles. The van der Waals surface area contributed by atoms with Crippen LogP contribution in [-0.2, 0) is 9.59 Å². The average molecular weight is 393 g/mol. The fraction of sp³-hybridized carbons (Fsp3) is 0.348. The number of nitriles is 1. The van der Waals surface area contributed by atoms with Crippen LogP contribution in [0, 0.1) is 18.3 Å². The molecule has 0 aliphatic rings. The Morgan fingerprint density at radius 3 is 2.41 bits per heavy atom. The number of benzene rings is 2. The molecule has 1 N–H and O–H groups in total. The zero-order chi connectivity index (χ0) is 21.4. The topological polar surface area (TPSA) is 76.4 Å². The predicted octanol–water partition coefficient (Wildman–Crippen LogP) is 4.09. The van der Waals surface area contributed by atoms with Crippen LogP contribution in [0.3, 0.4) is 0 Å². The molecule has 2 amide bonds. The minimum atomic E-state index is -0.205. The van der Waals surface area contributed by atoms with E-state index in [-0.39, 0.29) is 24.8 Å². The van der Waals surface area contributed by atoms with Crippen LogP contribution >= 0.6 is 0 Å². The summed E-state index contributed by atoms with van der Waals surface area (Å²) in [5, 5.41) is 11.7. The summed E-state index contributed by atoms with van der Waals surface area (Å²) >= 11 is 0. The van der Waals surface area contributed by atoms with Crippen molar-refractivity contribution in [1.82, 2.24) is 0 Å². The molecule has 6 nitrogen and oxygen atoms in total. The van der Waals surface area contributed by atoms with Gasteiger partial charge in [-0.1, -0.05) is 6.07 Å². The first kappa shape index (κ1) is 22.0. The van der Waals surface area contributed by atoms with Crippen molar-refractivity contribution >= 4 is 28.9 Å². The van der Waals surface area contributed by atoms with Gasteiger partial charge in [0.15, 0.2) is 0 Å². The Kier molecular flexibility index (Phi) is 7.79. The van der Waals surface area contributed by atoms with E-state index in [1.165, 1.54) is 6.92 Å². The molecule has 0 fully saturated rings. The first-order valence-electron chi connectivity index (χ1n) is 9.83. The molecule has 0 aromatic heterocycles. The van der Waals surface area contributed by atoms with Crippen LogP contribution in [0.2, 0.25) is 0 Å². The summed E-state index contributed by atoms with van der Waals surface area (Å²) in [6.45, 7) is 9.82. The van der Waals surface area contributed by atoms with E-state index in [4.69, 9.17) is 5.26 Å². The van der Waals surface area contributed by atoms with E-state index in [0.717, 1.165) is 30.0 Å². The van der Waals surface area contributed by atoms with E-state index in [1.807, 2.05) is 25.1 Å². The Morgan fingerprint density at radius 2 is 1.83 bits per heavy atom. The smallest absolute Gasteiger partial charge is 0.226 e. The van der Waals surface area contributed by atoms with Gasteiger partial charge in [0.2, 0.25) is 11.8 Å². The zero-order valence-electron chi connectivity index (χ0n) is 17.5. The molecule has 0 saturated heterocycles. The van der Waals surface area contributed by atoms with Gasteiger partial charge < -0.3 is 15.1 Å². The summed E-state index contributed by atoms with van der Waals surface area (Å²) in [6.07, 6.45) is 0.160. The van der Waals surface area contributed by atoms with Crippen molar-refractivity contribution in [2.45, 2.75) is 34.1 Å². The molecular formula is C23H28N4O2. The van der Waals surface area contributed by atoms with Crippen LogP contribution in [0.25, 0.3) is 0 Å². The van der Waals surface area contributed by atoms with Crippen LogP contribution < -0.4 is 15.1 Å². The number of hydrogen-bond donors (Lipinski definition) is 1. The number of hydrogen-bond acceptors (Lipinski definition) is 4. The van der Waals surface area contributed by atoms with Crippen LogP contribution in [0.4, 0.5) is 17.1 Å². The normalized spacial score (nSPS) is 10.2. The number of nitrogens with zero attached hydrogens (tertiary/aromatic N) is 3. The number of amides is 2.